The molecule has 0 saturated heterocycles. The fourth-order valence-corrected chi connectivity index (χ4v) is 2.18. The summed E-state index contributed by atoms with van der Waals surface area (Å²) in [5.74, 6) is 0. The van der Waals surface area contributed by atoms with Gasteiger partial charge in [0.05, 0.1) is 5.73 Å². The molecule has 5 heteroatoms. The standard InChI is InChI=1S/C6H16O3Si.H2O/c1-5-6(7)10(4,8-2)9-3;/h6-7H,5H2,1-4H3;1H2. The molecule has 0 aromatic carbocycles. The summed E-state index contributed by atoms with van der Waals surface area (Å²) >= 11 is 0. The fourth-order valence-electron chi connectivity index (χ4n) is 0.726. The zero-order valence-corrected chi connectivity index (χ0v) is 8.55. The van der Waals surface area contributed by atoms with E-state index in [9.17, 15) is 5.11 Å². The van der Waals surface area contributed by atoms with Gasteiger partial charge in [0.1, 0.15) is 0 Å². The van der Waals surface area contributed by atoms with Gasteiger partial charge in [-0.15, -0.1) is 0 Å². The molecule has 0 aliphatic carbocycles. The molecule has 1 unspecified atom stereocenters. The monoisotopic (exact) mass is 182 g/mol. The van der Waals surface area contributed by atoms with E-state index in [1.54, 1.807) is 14.2 Å². The van der Waals surface area contributed by atoms with Crippen LogP contribution in [0.25, 0.3) is 0 Å². The number of aliphatic hydroxyl groups excluding tert-OH is 1. The molecule has 0 radical (unpaired) electrons. The van der Waals surface area contributed by atoms with Crippen molar-refractivity contribution in [3.8, 4) is 0 Å². The maximum atomic E-state index is 9.39. The van der Waals surface area contributed by atoms with E-state index in [0.717, 1.165) is 0 Å². The highest BCUT2D eigenvalue weighted by atomic mass is 28.4. The molecule has 0 saturated carbocycles. The van der Waals surface area contributed by atoms with Gasteiger partial charge >= 0.3 is 8.56 Å². The van der Waals surface area contributed by atoms with Crippen molar-refractivity contribution < 1.29 is 19.4 Å². The van der Waals surface area contributed by atoms with Crippen LogP contribution in [-0.2, 0) is 8.85 Å². The van der Waals surface area contributed by atoms with Crippen molar-refractivity contribution >= 4 is 8.56 Å². The lowest BCUT2D eigenvalue weighted by atomic mass is 10.5. The minimum absolute atomic E-state index is 0. The average Bonchev–Trinajstić information content (AvgIpc) is 2.01. The average molecular weight is 182 g/mol. The largest absolute Gasteiger partial charge is 0.412 e. The summed E-state index contributed by atoms with van der Waals surface area (Å²) < 4.78 is 10.2. The van der Waals surface area contributed by atoms with Crippen molar-refractivity contribution in [3.63, 3.8) is 0 Å². The van der Waals surface area contributed by atoms with Gasteiger partial charge in [-0.05, 0) is 13.0 Å². The Morgan fingerprint density at radius 1 is 1.36 bits per heavy atom. The molecule has 0 amide bonds. The van der Waals surface area contributed by atoms with Crippen LogP contribution in [0, 0.1) is 0 Å². The molecule has 3 N–H and O–H groups in total. The van der Waals surface area contributed by atoms with Crippen LogP contribution in [0.1, 0.15) is 13.3 Å². The van der Waals surface area contributed by atoms with Crippen LogP contribution in [0.5, 0.6) is 0 Å². The first-order valence-corrected chi connectivity index (χ1v) is 5.78. The highest BCUT2D eigenvalue weighted by Gasteiger charge is 2.36. The molecule has 0 aromatic rings. The predicted molar refractivity (Wildman–Crippen MR) is 45.5 cm³/mol. The Morgan fingerprint density at radius 3 is 1.82 bits per heavy atom. The number of rotatable bonds is 4. The topological polar surface area (TPSA) is 70.2 Å². The summed E-state index contributed by atoms with van der Waals surface area (Å²) in [6.07, 6.45) is 0.685. The SMILES string of the molecule is CCC(O)[Si](C)(OC)OC.O. The molecule has 0 aliphatic rings. The first kappa shape index (κ1) is 13.6. The highest BCUT2D eigenvalue weighted by Crippen LogP contribution is 2.12. The summed E-state index contributed by atoms with van der Waals surface area (Å²) in [6, 6.07) is 0. The van der Waals surface area contributed by atoms with E-state index in [1.807, 2.05) is 13.5 Å². The van der Waals surface area contributed by atoms with Gasteiger partial charge in [0, 0.05) is 14.2 Å². The van der Waals surface area contributed by atoms with E-state index in [0.29, 0.717) is 6.42 Å². The minimum Gasteiger partial charge on any atom is -0.412 e. The Balaban J connectivity index is 0. The molecule has 4 nitrogen and oxygen atoms in total. The fraction of sp³-hybridized carbons (Fsp3) is 1.00. The lowest BCUT2D eigenvalue weighted by Gasteiger charge is -2.26. The van der Waals surface area contributed by atoms with Crippen molar-refractivity contribution in [2.75, 3.05) is 14.2 Å². The lowest BCUT2D eigenvalue weighted by Crippen LogP contribution is -2.48. The summed E-state index contributed by atoms with van der Waals surface area (Å²) in [5.41, 5.74) is -0.428. The molecule has 11 heavy (non-hydrogen) atoms. The second kappa shape index (κ2) is 5.67. The van der Waals surface area contributed by atoms with Crippen LogP contribution in [-0.4, -0.2) is 39.1 Å². The molecule has 70 valence electrons. The first-order valence-electron chi connectivity index (χ1n) is 3.39. The van der Waals surface area contributed by atoms with Crippen LogP contribution < -0.4 is 0 Å². The van der Waals surface area contributed by atoms with E-state index in [1.165, 1.54) is 0 Å². The van der Waals surface area contributed by atoms with Gasteiger partial charge in [-0.25, -0.2) is 0 Å². The van der Waals surface area contributed by atoms with Crippen molar-refractivity contribution in [1.82, 2.24) is 0 Å². The smallest absolute Gasteiger partial charge is 0.364 e. The normalized spacial score (nSPS) is 13.9. The summed E-state index contributed by atoms with van der Waals surface area (Å²) in [6.45, 7) is 3.76. The summed E-state index contributed by atoms with van der Waals surface area (Å²) in [5, 5.41) is 9.39. The van der Waals surface area contributed by atoms with Gasteiger partial charge < -0.3 is 19.4 Å². The number of aliphatic hydroxyl groups is 1. The Hall–Kier alpha value is 0.0569. The molecule has 0 rings (SSSR count). The Labute approximate surface area is 68.7 Å². The third-order valence-electron chi connectivity index (χ3n) is 1.80. The summed E-state index contributed by atoms with van der Waals surface area (Å²) in [7, 11) is 0.911. The Kier molecular flexibility index (Phi) is 7.03. The van der Waals surface area contributed by atoms with Crippen LogP contribution in [0.2, 0.25) is 6.55 Å². The molecule has 1 atom stereocenters. The predicted octanol–water partition coefficient (Wildman–Crippen LogP) is -0.163. The zero-order chi connectivity index (χ0) is 8.20. The Bertz CT molecular complexity index is 94.6. The van der Waals surface area contributed by atoms with E-state index in [4.69, 9.17) is 8.85 Å². The van der Waals surface area contributed by atoms with Crippen LogP contribution >= 0.6 is 0 Å². The lowest BCUT2D eigenvalue weighted by molar-refractivity contribution is 0.142. The van der Waals surface area contributed by atoms with E-state index < -0.39 is 14.3 Å². The summed E-state index contributed by atoms with van der Waals surface area (Å²) in [4.78, 5) is 0. The van der Waals surface area contributed by atoms with Gasteiger partial charge in [0.2, 0.25) is 0 Å². The third-order valence-corrected chi connectivity index (χ3v) is 5.04. The molecule has 0 aliphatic heterocycles. The van der Waals surface area contributed by atoms with E-state index in [-0.39, 0.29) is 5.48 Å². The zero-order valence-electron chi connectivity index (χ0n) is 7.55. The second-order valence-electron chi connectivity index (χ2n) is 2.35. The number of hydrogen-bond donors (Lipinski definition) is 1. The minimum atomic E-state index is -2.25. The van der Waals surface area contributed by atoms with Gasteiger partial charge in [-0.3, -0.25) is 0 Å². The Morgan fingerprint density at radius 2 is 1.73 bits per heavy atom. The van der Waals surface area contributed by atoms with E-state index >= 15 is 0 Å². The quantitative estimate of drug-likeness (QED) is 0.614. The van der Waals surface area contributed by atoms with Crippen LogP contribution in [0.4, 0.5) is 0 Å². The molecule has 0 aromatic heterocycles. The molecule has 0 bridgehead atoms. The van der Waals surface area contributed by atoms with Gasteiger partial charge in [0.15, 0.2) is 0 Å². The van der Waals surface area contributed by atoms with Crippen LogP contribution in [0.3, 0.4) is 0 Å². The maximum absolute atomic E-state index is 9.39. The van der Waals surface area contributed by atoms with Crippen molar-refractivity contribution in [2.24, 2.45) is 0 Å². The van der Waals surface area contributed by atoms with Crippen molar-refractivity contribution in [3.05, 3.63) is 0 Å². The maximum Gasteiger partial charge on any atom is 0.364 e. The second-order valence-corrected chi connectivity index (χ2v) is 5.86. The molecular formula is C6H18O4Si. The molecular weight excluding hydrogens is 164 g/mol. The van der Waals surface area contributed by atoms with Gasteiger partial charge in [-0.1, -0.05) is 6.92 Å². The van der Waals surface area contributed by atoms with Gasteiger partial charge in [-0.2, -0.15) is 0 Å². The number of hydrogen-bond acceptors (Lipinski definition) is 3. The molecule has 0 spiro atoms. The van der Waals surface area contributed by atoms with E-state index in [2.05, 4.69) is 0 Å². The molecule has 0 fully saturated rings. The van der Waals surface area contributed by atoms with Crippen LogP contribution in [0.15, 0.2) is 0 Å². The molecule has 0 heterocycles. The van der Waals surface area contributed by atoms with Crippen molar-refractivity contribution in [2.45, 2.75) is 25.6 Å². The first-order chi connectivity index (χ1) is 4.60. The van der Waals surface area contributed by atoms with Crippen molar-refractivity contribution in [1.29, 1.82) is 0 Å². The highest BCUT2D eigenvalue weighted by molar-refractivity contribution is 6.67. The third kappa shape index (κ3) is 3.30. The van der Waals surface area contributed by atoms with Gasteiger partial charge in [0.25, 0.3) is 0 Å².